The van der Waals surface area contributed by atoms with Crippen LogP contribution in [0.25, 0.3) is 0 Å². The molecule has 1 aromatic heterocycles. The molecule has 1 unspecified atom stereocenters. The summed E-state index contributed by atoms with van der Waals surface area (Å²) < 4.78 is 14.5. The van der Waals surface area contributed by atoms with Gasteiger partial charge in [-0.2, -0.15) is 0 Å². The summed E-state index contributed by atoms with van der Waals surface area (Å²) in [6.07, 6.45) is 0. The lowest BCUT2D eigenvalue weighted by atomic mass is 10.0. The van der Waals surface area contributed by atoms with Crippen molar-refractivity contribution in [3.8, 4) is 0 Å². The molecule has 0 aliphatic rings. The molecule has 2 aromatic rings. The molecule has 0 radical (unpaired) electrons. The topological polar surface area (TPSA) is 38.0 Å². The largest absolute Gasteiger partial charge is 0.271 e. The molecule has 3 N–H and O–H groups in total. The minimum absolute atomic E-state index is 0.187. The van der Waals surface area contributed by atoms with Gasteiger partial charge in [0.05, 0.1) is 9.83 Å². The number of thiophene rings is 1. The van der Waals surface area contributed by atoms with Crippen LogP contribution in [-0.2, 0) is 0 Å². The van der Waals surface area contributed by atoms with Crippen molar-refractivity contribution in [2.45, 2.75) is 13.0 Å². The van der Waals surface area contributed by atoms with Gasteiger partial charge in [-0.3, -0.25) is 5.84 Å². The van der Waals surface area contributed by atoms with Crippen LogP contribution < -0.4 is 11.3 Å². The van der Waals surface area contributed by atoms with Gasteiger partial charge >= 0.3 is 0 Å². The second-order valence-corrected chi connectivity index (χ2v) is 6.08. The highest BCUT2D eigenvalue weighted by atomic mass is 79.9. The Morgan fingerprint density at radius 3 is 2.65 bits per heavy atom. The molecule has 2 rings (SSSR count). The fourth-order valence-corrected chi connectivity index (χ4v) is 2.85. The highest BCUT2D eigenvalue weighted by Gasteiger charge is 2.15. The van der Waals surface area contributed by atoms with Gasteiger partial charge in [-0.25, -0.2) is 9.82 Å². The number of nitrogens with two attached hydrogens (primary N) is 1. The van der Waals surface area contributed by atoms with Crippen LogP contribution in [0.4, 0.5) is 4.39 Å². The molecule has 0 aliphatic heterocycles. The fourth-order valence-electron chi connectivity index (χ4n) is 1.65. The quantitative estimate of drug-likeness (QED) is 0.672. The lowest BCUT2D eigenvalue weighted by Gasteiger charge is -2.15. The molecule has 2 nitrogen and oxygen atoms in total. The molecule has 0 aliphatic carbocycles. The van der Waals surface area contributed by atoms with Crippen LogP contribution >= 0.6 is 27.3 Å². The standard InChI is InChI=1S/C12H12BrFN2S/c1-7-2-3-8(4-10(7)14)12(16-15)9-5-11(13)17-6-9/h2-6,12,16H,15H2,1H3. The van der Waals surface area contributed by atoms with Crippen LogP contribution in [-0.4, -0.2) is 0 Å². The highest BCUT2D eigenvalue weighted by Crippen LogP contribution is 2.29. The van der Waals surface area contributed by atoms with E-state index in [9.17, 15) is 4.39 Å². The molecule has 0 saturated heterocycles. The third kappa shape index (κ3) is 2.74. The van der Waals surface area contributed by atoms with Gasteiger partial charge in [-0.15, -0.1) is 11.3 Å². The van der Waals surface area contributed by atoms with E-state index in [1.54, 1.807) is 24.3 Å². The first-order chi connectivity index (χ1) is 8.11. The molecule has 1 heterocycles. The van der Waals surface area contributed by atoms with Crippen LogP contribution in [0, 0.1) is 12.7 Å². The smallest absolute Gasteiger partial charge is 0.126 e. The SMILES string of the molecule is Cc1ccc(C(NN)c2csc(Br)c2)cc1F. The van der Waals surface area contributed by atoms with E-state index in [-0.39, 0.29) is 11.9 Å². The number of rotatable bonds is 3. The first-order valence-corrected chi connectivity index (χ1v) is 6.75. The molecule has 5 heteroatoms. The van der Waals surface area contributed by atoms with Crippen molar-refractivity contribution >= 4 is 27.3 Å². The predicted molar refractivity (Wildman–Crippen MR) is 72.3 cm³/mol. The van der Waals surface area contributed by atoms with E-state index in [1.165, 1.54) is 6.07 Å². The third-order valence-corrected chi connectivity index (χ3v) is 4.14. The fraction of sp³-hybridized carbons (Fsp3) is 0.167. The molecule has 0 bridgehead atoms. The predicted octanol–water partition coefficient (Wildman–Crippen LogP) is 3.51. The van der Waals surface area contributed by atoms with E-state index in [0.29, 0.717) is 5.56 Å². The van der Waals surface area contributed by atoms with Crippen LogP contribution in [0.15, 0.2) is 33.4 Å². The summed E-state index contributed by atoms with van der Waals surface area (Å²) in [6.45, 7) is 1.74. The first kappa shape index (κ1) is 12.7. The number of hydrazine groups is 1. The lowest BCUT2D eigenvalue weighted by molar-refractivity contribution is 0.599. The van der Waals surface area contributed by atoms with E-state index >= 15 is 0 Å². The van der Waals surface area contributed by atoms with Gasteiger partial charge in [0.1, 0.15) is 5.82 Å². The van der Waals surface area contributed by atoms with Crippen LogP contribution in [0.1, 0.15) is 22.7 Å². The molecule has 0 saturated carbocycles. The Labute approximate surface area is 112 Å². The summed E-state index contributed by atoms with van der Waals surface area (Å²) in [7, 11) is 0. The molecule has 1 aromatic carbocycles. The van der Waals surface area contributed by atoms with Crippen molar-refractivity contribution in [2.24, 2.45) is 5.84 Å². The maximum Gasteiger partial charge on any atom is 0.126 e. The zero-order chi connectivity index (χ0) is 12.4. The second-order valence-electron chi connectivity index (χ2n) is 3.79. The Bertz CT molecular complexity index is 527. The molecule has 0 spiro atoms. The van der Waals surface area contributed by atoms with Gasteiger partial charge in [0.15, 0.2) is 0 Å². The molecule has 0 amide bonds. The van der Waals surface area contributed by atoms with E-state index in [2.05, 4.69) is 21.4 Å². The highest BCUT2D eigenvalue weighted by molar-refractivity contribution is 9.11. The summed E-state index contributed by atoms with van der Waals surface area (Å²) in [4.78, 5) is 0. The Hall–Kier alpha value is -0.750. The first-order valence-electron chi connectivity index (χ1n) is 5.08. The Kier molecular flexibility index (Phi) is 3.93. The Balaban J connectivity index is 2.38. The van der Waals surface area contributed by atoms with Crippen molar-refractivity contribution < 1.29 is 4.39 Å². The number of benzene rings is 1. The Morgan fingerprint density at radius 2 is 2.12 bits per heavy atom. The van der Waals surface area contributed by atoms with Crippen LogP contribution in [0.5, 0.6) is 0 Å². The van der Waals surface area contributed by atoms with Gasteiger partial charge in [0.25, 0.3) is 0 Å². The maximum atomic E-state index is 13.5. The average molecular weight is 315 g/mol. The van der Waals surface area contributed by atoms with E-state index in [1.807, 2.05) is 17.5 Å². The van der Waals surface area contributed by atoms with Gasteiger partial charge in [-0.05, 0) is 57.1 Å². The number of halogens is 2. The maximum absolute atomic E-state index is 13.5. The van der Waals surface area contributed by atoms with E-state index in [0.717, 1.165) is 14.9 Å². The van der Waals surface area contributed by atoms with Crippen LogP contribution in [0.3, 0.4) is 0 Å². The number of nitrogens with one attached hydrogen (secondary N) is 1. The molecular formula is C12H12BrFN2S. The van der Waals surface area contributed by atoms with Gasteiger partial charge < -0.3 is 0 Å². The normalized spacial score (nSPS) is 12.7. The molecular weight excluding hydrogens is 303 g/mol. The van der Waals surface area contributed by atoms with Gasteiger partial charge in [-0.1, -0.05) is 12.1 Å². The lowest BCUT2D eigenvalue weighted by Crippen LogP contribution is -2.28. The average Bonchev–Trinajstić information content (AvgIpc) is 2.71. The summed E-state index contributed by atoms with van der Waals surface area (Å²) in [5.74, 6) is 5.34. The van der Waals surface area contributed by atoms with Crippen molar-refractivity contribution in [1.82, 2.24) is 5.43 Å². The van der Waals surface area contributed by atoms with Gasteiger partial charge in [0.2, 0.25) is 0 Å². The summed E-state index contributed by atoms with van der Waals surface area (Å²) in [6, 6.07) is 6.95. The van der Waals surface area contributed by atoms with Gasteiger partial charge in [0, 0.05) is 0 Å². The summed E-state index contributed by atoms with van der Waals surface area (Å²) in [5, 5.41) is 1.99. The minimum atomic E-state index is -0.211. The summed E-state index contributed by atoms with van der Waals surface area (Å²) in [5.41, 5.74) is 5.19. The van der Waals surface area contributed by atoms with Crippen LogP contribution in [0.2, 0.25) is 0 Å². The Morgan fingerprint density at radius 1 is 1.35 bits per heavy atom. The molecule has 90 valence electrons. The van der Waals surface area contributed by atoms with E-state index < -0.39 is 0 Å². The zero-order valence-corrected chi connectivity index (χ0v) is 11.6. The van der Waals surface area contributed by atoms with E-state index in [4.69, 9.17) is 5.84 Å². The zero-order valence-electron chi connectivity index (χ0n) is 9.21. The third-order valence-electron chi connectivity index (χ3n) is 2.62. The number of hydrogen-bond acceptors (Lipinski definition) is 3. The number of hydrogen-bond donors (Lipinski definition) is 2. The minimum Gasteiger partial charge on any atom is -0.271 e. The second kappa shape index (κ2) is 5.27. The monoisotopic (exact) mass is 314 g/mol. The van der Waals surface area contributed by atoms with Crippen molar-refractivity contribution in [2.75, 3.05) is 0 Å². The summed E-state index contributed by atoms with van der Waals surface area (Å²) >= 11 is 4.98. The van der Waals surface area contributed by atoms with Crippen molar-refractivity contribution in [3.05, 3.63) is 55.9 Å². The molecule has 0 fully saturated rings. The number of aryl methyl sites for hydroxylation is 1. The van der Waals surface area contributed by atoms with Crippen molar-refractivity contribution in [3.63, 3.8) is 0 Å². The molecule has 17 heavy (non-hydrogen) atoms. The molecule has 1 atom stereocenters. The van der Waals surface area contributed by atoms with Crippen molar-refractivity contribution in [1.29, 1.82) is 0 Å².